The maximum atomic E-state index is 11.9. The predicted octanol–water partition coefficient (Wildman–Crippen LogP) is -0.847. The van der Waals surface area contributed by atoms with Crippen molar-refractivity contribution in [3.8, 4) is 0 Å². The normalized spacial score (nSPS) is 20.8. The molecule has 1 saturated heterocycles. The third kappa shape index (κ3) is 4.65. The second kappa shape index (κ2) is 6.68. The SMILES string of the molecule is CCOC(=O)NS(=O)(=O)N1CCOCC1CC(=O)O. The molecule has 1 heterocycles. The fourth-order valence-corrected chi connectivity index (χ4v) is 2.87. The van der Waals surface area contributed by atoms with E-state index in [-0.39, 0.29) is 26.4 Å². The minimum absolute atomic E-state index is 0.0211. The molecule has 19 heavy (non-hydrogen) atoms. The molecule has 0 aliphatic carbocycles. The Balaban J connectivity index is 2.77. The van der Waals surface area contributed by atoms with Crippen LogP contribution < -0.4 is 4.72 Å². The Morgan fingerprint density at radius 2 is 2.21 bits per heavy atom. The van der Waals surface area contributed by atoms with Gasteiger partial charge in [0.2, 0.25) is 0 Å². The number of carbonyl (C=O) groups is 2. The lowest BCUT2D eigenvalue weighted by Crippen LogP contribution is -2.54. The van der Waals surface area contributed by atoms with Crippen molar-refractivity contribution in [1.82, 2.24) is 9.03 Å². The zero-order valence-corrected chi connectivity index (χ0v) is 11.2. The van der Waals surface area contributed by atoms with Crippen LogP contribution in [-0.2, 0) is 24.5 Å². The van der Waals surface area contributed by atoms with Gasteiger partial charge in [0.15, 0.2) is 0 Å². The monoisotopic (exact) mass is 296 g/mol. The van der Waals surface area contributed by atoms with Crippen LogP contribution in [0.1, 0.15) is 13.3 Å². The van der Waals surface area contributed by atoms with Gasteiger partial charge >= 0.3 is 22.3 Å². The van der Waals surface area contributed by atoms with E-state index in [0.29, 0.717) is 0 Å². The van der Waals surface area contributed by atoms with Crippen LogP contribution in [0, 0.1) is 0 Å². The van der Waals surface area contributed by atoms with Crippen molar-refractivity contribution in [2.24, 2.45) is 0 Å². The molecule has 10 heteroatoms. The molecule has 0 spiro atoms. The minimum Gasteiger partial charge on any atom is -0.481 e. The van der Waals surface area contributed by atoms with E-state index in [1.165, 1.54) is 6.92 Å². The summed E-state index contributed by atoms with van der Waals surface area (Å²) in [5.41, 5.74) is 0. The first-order valence-corrected chi connectivity index (χ1v) is 7.06. The quantitative estimate of drug-likeness (QED) is 0.677. The molecule has 0 radical (unpaired) electrons. The summed E-state index contributed by atoms with van der Waals surface area (Å²) >= 11 is 0. The molecule has 1 rings (SSSR count). The van der Waals surface area contributed by atoms with Gasteiger partial charge < -0.3 is 14.6 Å². The van der Waals surface area contributed by atoms with Crippen LogP contribution in [0.4, 0.5) is 4.79 Å². The maximum Gasteiger partial charge on any atom is 0.421 e. The standard InChI is InChI=1S/C9H16N2O7S/c1-2-18-9(14)10-19(15,16)11-3-4-17-6-7(11)5-8(12)13/h7H,2-6H2,1H3,(H,10,14)(H,12,13). The van der Waals surface area contributed by atoms with Gasteiger partial charge in [0, 0.05) is 6.54 Å². The molecule has 0 bridgehead atoms. The molecule has 1 aliphatic rings. The molecule has 1 fully saturated rings. The summed E-state index contributed by atoms with van der Waals surface area (Å²) in [5, 5.41) is 8.73. The number of hydrogen-bond acceptors (Lipinski definition) is 6. The molecule has 0 aromatic rings. The molecule has 1 unspecified atom stereocenters. The number of carboxylic acid groups (broad SMARTS) is 1. The van der Waals surface area contributed by atoms with Crippen LogP contribution in [0.5, 0.6) is 0 Å². The summed E-state index contributed by atoms with van der Waals surface area (Å²) in [7, 11) is -4.13. The molecule has 2 N–H and O–H groups in total. The molecular weight excluding hydrogens is 280 g/mol. The highest BCUT2D eigenvalue weighted by Gasteiger charge is 2.35. The summed E-state index contributed by atoms with van der Waals surface area (Å²) in [6.45, 7) is 1.65. The van der Waals surface area contributed by atoms with Gasteiger partial charge in [-0.3, -0.25) is 4.79 Å². The van der Waals surface area contributed by atoms with Gasteiger partial charge in [0.05, 0.1) is 32.3 Å². The average molecular weight is 296 g/mol. The summed E-state index contributed by atoms with van der Waals surface area (Å²) in [5.74, 6) is -1.15. The van der Waals surface area contributed by atoms with Gasteiger partial charge in [0.1, 0.15) is 0 Å². The van der Waals surface area contributed by atoms with E-state index in [2.05, 4.69) is 4.74 Å². The first-order valence-electron chi connectivity index (χ1n) is 5.62. The maximum absolute atomic E-state index is 11.9. The number of nitrogens with one attached hydrogen (secondary N) is 1. The average Bonchev–Trinajstić information content (AvgIpc) is 2.28. The Morgan fingerprint density at radius 3 is 2.79 bits per heavy atom. The Hall–Kier alpha value is -1.39. The van der Waals surface area contributed by atoms with Crippen LogP contribution in [0.25, 0.3) is 0 Å². The van der Waals surface area contributed by atoms with E-state index in [1.54, 1.807) is 4.72 Å². The lowest BCUT2D eigenvalue weighted by atomic mass is 10.2. The minimum atomic E-state index is -4.13. The molecule has 9 nitrogen and oxygen atoms in total. The number of carboxylic acids is 1. The Kier molecular flexibility index (Phi) is 5.51. The van der Waals surface area contributed by atoms with E-state index in [4.69, 9.17) is 9.84 Å². The first kappa shape index (κ1) is 15.7. The summed E-state index contributed by atoms with van der Waals surface area (Å²) in [4.78, 5) is 21.8. The van der Waals surface area contributed by atoms with Gasteiger partial charge in [-0.25, -0.2) is 9.52 Å². The smallest absolute Gasteiger partial charge is 0.421 e. The molecule has 0 saturated carbocycles. The van der Waals surface area contributed by atoms with Crippen LogP contribution >= 0.6 is 0 Å². The predicted molar refractivity (Wildman–Crippen MR) is 62.6 cm³/mol. The molecule has 1 aliphatic heterocycles. The van der Waals surface area contributed by atoms with E-state index >= 15 is 0 Å². The van der Waals surface area contributed by atoms with Crippen LogP contribution in [0.15, 0.2) is 0 Å². The first-order chi connectivity index (χ1) is 8.86. The van der Waals surface area contributed by atoms with Crippen molar-refractivity contribution in [2.45, 2.75) is 19.4 Å². The third-order valence-electron chi connectivity index (χ3n) is 2.38. The summed E-state index contributed by atoms with van der Waals surface area (Å²) in [6, 6.07) is -0.849. The highest BCUT2D eigenvalue weighted by Crippen LogP contribution is 2.14. The van der Waals surface area contributed by atoms with Crippen LogP contribution in [-0.4, -0.2) is 62.3 Å². The summed E-state index contributed by atoms with van der Waals surface area (Å²) < 4.78 is 36.0. The Labute approximate surface area is 110 Å². The van der Waals surface area contributed by atoms with E-state index < -0.39 is 34.7 Å². The molecule has 0 aromatic heterocycles. The molecule has 110 valence electrons. The highest BCUT2D eigenvalue weighted by atomic mass is 32.2. The number of hydrogen-bond donors (Lipinski definition) is 2. The van der Waals surface area contributed by atoms with Crippen molar-refractivity contribution < 1.29 is 32.6 Å². The number of carbonyl (C=O) groups excluding carboxylic acids is 1. The van der Waals surface area contributed by atoms with Gasteiger partial charge in [-0.15, -0.1) is 0 Å². The number of aliphatic carboxylic acids is 1. The van der Waals surface area contributed by atoms with Crippen molar-refractivity contribution in [2.75, 3.05) is 26.4 Å². The van der Waals surface area contributed by atoms with Crippen molar-refractivity contribution in [3.63, 3.8) is 0 Å². The van der Waals surface area contributed by atoms with Gasteiger partial charge in [-0.1, -0.05) is 0 Å². The fraction of sp³-hybridized carbons (Fsp3) is 0.778. The lowest BCUT2D eigenvalue weighted by molar-refractivity contribution is -0.139. The van der Waals surface area contributed by atoms with Crippen molar-refractivity contribution >= 4 is 22.3 Å². The van der Waals surface area contributed by atoms with Gasteiger partial charge in [-0.2, -0.15) is 12.7 Å². The van der Waals surface area contributed by atoms with Gasteiger partial charge in [0.25, 0.3) is 0 Å². The third-order valence-corrected chi connectivity index (χ3v) is 3.90. The van der Waals surface area contributed by atoms with Crippen molar-refractivity contribution in [3.05, 3.63) is 0 Å². The highest BCUT2D eigenvalue weighted by molar-refractivity contribution is 7.87. The number of nitrogens with zero attached hydrogens (tertiary/aromatic N) is 1. The second-order valence-electron chi connectivity index (χ2n) is 3.76. The zero-order valence-electron chi connectivity index (χ0n) is 10.4. The molecule has 0 aromatic carbocycles. The topological polar surface area (TPSA) is 122 Å². The number of ether oxygens (including phenoxy) is 2. The summed E-state index contributed by atoms with van der Waals surface area (Å²) in [6.07, 6.45) is -1.49. The Bertz CT molecular complexity index is 436. The zero-order chi connectivity index (χ0) is 14.5. The van der Waals surface area contributed by atoms with Crippen LogP contribution in [0.3, 0.4) is 0 Å². The number of amides is 1. The molecule has 1 atom stereocenters. The van der Waals surface area contributed by atoms with E-state index in [0.717, 1.165) is 4.31 Å². The molecule has 1 amide bonds. The second-order valence-corrected chi connectivity index (χ2v) is 5.39. The lowest BCUT2D eigenvalue weighted by Gasteiger charge is -2.33. The number of rotatable bonds is 5. The van der Waals surface area contributed by atoms with Gasteiger partial charge in [-0.05, 0) is 6.92 Å². The fourth-order valence-electron chi connectivity index (χ4n) is 1.64. The number of morpholine rings is 1. The Morgan fingerprint density at radius 1 is 1.53 bits per heavy atom. The molecular formula is C9H16N2O7S. The van der Waals surface area contributed by atoms with E-state index in [9.17, 15) is 18.0 Å². The van der Waals surface area contributed by atoms with Crippen molar-refractivity contribution in [1.29, 1.82) is 0 Å². The largest absolute Gasteiger partial charge is 0.481 e. The van der Waals surface area contributed by atoms with Crippen LogP contribution in [0.2, 0.25) is 0 Å². The van der Waals surface area contributed by atoms with E-state index in [1.807, 2.05) is 0 Å².